The number of thiocarbonyl (C=S) groups is 1. The Bertz CT molecular complexity index is 658. The number of hydrogen-bond donors (Lipinski definition) is 2. The molecule has 0 unspecified atom stereocenters. The first-order valence-electron chi connectivity index (χ1n) is 6.07. The van der Waals surface area contributed by atoms with Gasteiger partial charge in [0.1, 0.15) is 4.99 Å². The van der Waals surface area contributed by atoms with Crippen molar-refractivity contribution in [1.29, 1.82) is 0 Å². The van der Waals surface area contributed by atoms with E-state index in [1.54, 1.807) is 12.1 Å². The molecule has 0 aliphatic heterocycles. The predicted molar refractivity (Wildman–Crippen MR) is 88.5 cm³/mol. The number of nitrogens with two attached hydrogens (primary N) is 1. The molecule has 2 rings (SSSR count). The molecule has 0 radical (unpaired) electrons. The minimum Gasteiger partial charge on any atom is -0.389 e. The summed E-state index contributed by atoms with van der Waals surface area (Å²) in [6.07, 6.45) is 0. The topological polar surface area (TPSA) is 38.0 Å². The standard InChI is InChI=1S/C15H14BrFN2S/c1-9-4-2-3-5-10(9)8-19-12-7-6-11(15(18)20)13(16)14(12)17/h2-7,19H,8H2,1H3,(H2,18,20). The summed E-state index contributed by atoms with van der Waals surface area (Å²) in [6, 6.07) is 11.3. The third-order valence-corrected chi connectivity index (χ3v) is 4.07. The SMILES string of the molecule is Cc1ccccc1CNc1ccc(C(N)=S)c(Br)c1F. The highest BCUT2D eigenvalue weighted by molar-refractivity contribution is 9.10. The molecule has 0 heterocycles. The Hall–Kier alpha value is -1.46. The van der Waals surface area contributed by atoms with Crippen LogP contribution in [0.25, 0.3) is 0 Å². The molecule has 2 aromatic carbocycles. The van der Waals surface area contributed by atoms with Gasteiger partial charge in [-0.25, -0.2) is 4.39 Å². The van der Waals surface area contributed by atoms with Gasteiger partial charge in [-0.2, -0.15) is 0 Å². The molecule has 0 atom stereocenters. The van der Waals surface area contributed by atoms with Crippen LogP contribution in [0.1, 0.15) is 16.7 Å². The second kappa shape index (κ2) is 6.33. The molecule has 2 nitrogen and oxygen atoms in total. The van der Waals surface area contributed by atoms with Crippen LogP contribution in [0.3, 0.4) is 0 Å². The molecule has 0 aliphatic carbocycles. The third-order valence-electron chi connectivity index (χ3n) is 3.08. The number of anilines is 1. The smallest absolute Gasteiger partial charge is 0.161 e. The van der Waals surface area contributed by atoms with Crippen LogP contribution in [0.4, 0.5) is 10.1 Å². The minimum atomic E-state index is -0.385. The molecule has 104 valence electrons. The highest BCUT2D eigenvalue weighted by Gasteiger charge is 2.12. The second-order valence-electron chi connectivity index (χ2n) is 4.43. The van der Waals surface area contributed by atoms with Gasteiger partial charge in [0.05, 0.1) is 10.2 Å². The van der Waals surface area contributed by atoms with Crippen LogP contribution < -0.4 is 11.1 Å². The molecule has 5 heteroatoms. The largest absolute Gasteiger partial charge is 0.389 e. The lowest BCUT2D eigenvalue weighted by molar-refractivity contribution is 0.623. The first-order chi connectivity index (χ1) is 9.50. The van der Waals surface area contributed by atoms with E-state index in [0.29, 0.717) is 22.3 Å². The fraction of sp³-hybridized carbons (Fsp3) is 0.133. The van der Waals surface area contributed by atoms with Crippen LogP contribution in [0.15, 0.2) is 40.9 Å². The van der Waals surface area contributed by atoms with E-state index in [-0.39, 0.29) is 10.8 Å². The van der Waals surface area contributed by atoms with Crippen molar-refractivity contribution in [2.75, 3.05) is 5.32 Å². The van der Waals surface area contributed by atoms with Crippen LogP contribution >= 0.6 is 28.1 Å². The Morgan fingerprint density at radius 1 is 1.30 bits per heavy atom. The summed E-state index contributed by atoms with van der Waals surface area (Å²) >= 11 is 8.06. The van der Waals surface area contributed by atoms with Crippen molar-refractivity contribution in [3.63, 3.8) is 0 Å². The minimum absolute atomic E-state index is 0.168. The monoisotopic (exact) mass is 352 g/mol. The first kappa shape index (κ1) is 14.9. The molecule has 0 saturated carbocycles. The molecule has 20 heavy (non-hydrogen) atoms. The summed E-state index contributed by atoms with van der Waals surface area (Å²) in [5.74, 6) is -0.385. The van der Waals surface area contributed by atoms with Gasteiger partial charge in [0.15, 0.2) is 5.82 Å². The lowest BCUT2D eigenvalue weighted by atomic mass is 10.1. The van der Waals surface area contributed by atoms with Gasteiger partial charge in [-0.1, -0.05) is 36.5 Å². The van der Waals surface area contributed by atoms with Gasteiger partial charge < -0.3 is 11.1 Å². The zero-order valence-corrected chi connectivity index (χ0v) is 13.3. The van der Waals surface area contributed by atoms with Gasteiger partial charge in [0.2, 0.25) is 0 Å². The Morgan fingerprint density at radius 3 is 2.65 bits per heavy atom. The van der Waals surface area contributed by atoms with E-state index < -0.39 is 0 Å². The number of aryl methyl sites for hydroxylation is 1. The zero-order chi connectivity index (χ0) is 14.7. The van der Waals surface area contributed by atoms with E-state index in [1.807, 2.05) is 31.2 Å². The maximum absolute atomic E-state index is 14.2. The van der Waals surface area contributed by atoms with Crippen molar-refractivity contribution in [2.24, 2.45) is 5.73 Å². The van der Waals surface area contributed by atoms with Crippen LogP contribution in [-0.2, 0) is 6.54 Å². The fourth-order valence-electron chi connectivity index (χ4n) is 1.88. The summed E-state index contributed by atoms with van der Waals surface area (Å²) < 4.78 is 14.5. The second-order valence-corrected chi connectivity index (χ2v) is 5.67. The Balaban J connectivity index is 2.21. The summed E-state index contributed by atoms with van der Waals surface area (Å²) in [4.78, 5) is 0.168. The molecular weight excluding hydrogens is 339 g/mol. The number of benzene rings is 2. The molecule has 0 spiro atoms. The fourth-order valence-corrected chi connectivity index (χ4v) is 2.74. The highest BCUT2D eigenvalue weighted by Crippen LogP contribution is 2.27. The molecule has 0 amide bonds. The van der Waals surface area contributed by atoms with Gasteiger partial charge in [0, 0.05) is 12.1 Å². The van der Waals surface area contributed by atoms with Crippen molar-refractivity contribution in [1.82, 2.24) is 0 Å². The highest BCUT2D eigenvalue weighted by atomic mass is 79.9. The average molecular weight is 353 g/mol. The maximum Gasteiger partial charge on any atom is 0.161 e. The summed E-state index contributed by atoms with van der Waals surface area (Å²) in [7, 11) is 0. The third kappa shape index (κ3) is 3.16. The normalized spacial score (nSPS) is 10.3. The van der Waals surface area contributed by atoms with Crippen molar-refractivity contribution in [3.05, 3.63) is 63.4 Å². The molecule has 0 bridgehead atoms. The van der Waals surface area contributed by atoms with E-state index in [0.717, 1.165) is 5.56 Å². The molecule has 2 aromatic rings. The van der Waals surface area contributed by atoms with Crippen LogP contribution in [0.2, 0.25) is 0 Å². The molecular formula is C15H14BrFN2S. The molecule has 0 fully saturated rings. The summed E-state index contributed by atoms with van der Waals surface area (Å²) in [5.41, 5.74) is 8.74. The average Bonchev–Trinajstić information content (AvgIpc) is 2.41. The Labute approximate surface area is 131 Å². The number of halogens is 2. The maximum atomic E-state index is 14.2. The van der Waals surface area contributed by atoms with E-state index in [4.69, 9.17) is 18.0 Å². The van der Waals surface area contributed by atoms with Crippen molar-refractivity contribution < 1.29 is 4.39 Å². The molecule has 0 saturated heterocycles. The molecule has 3 N–H and O–H groups in total. The Morgan fingerprint density at radius 2 is 2.00 bits per heavy atom. The van der Waals surface area contributed by atoms with Crippen LogP contribution in [0.5, 0.6) is 0 Å². The lowest BCUT2D eigenvalue weighted by Gasteiger charge is -2.12. The predicted octanol–water partition coefficient (Wildman–Crippen LogP) is 4.14. The van der Waals surface area contributed by atoms with E-state index in [2.05, 4.69) is 21.2 Å². The van der Waals surface area contributed by atoms with Gasteiger partial charge in [-0.05, 0) is 46.1 Å². The van der Waals surface area contributed by atoms with Gasteiger partial charge in [-0.3, -0.25) is 0 Å². The summed E-state index contributed by atoms with van der Waals surface area (Å²) in [6.45, 7) is 2.59. The van der Waals surface area contributed by atoms with Crippen molar-refractivity contribution >= 4 is 38.8 Å². The van der Waals surface area contributed by atoms with Crippen molar-refractivity contribution in [2.45, 2.75) is 13.5 Å². The van der Waals surface area contributed by atoms with Gasteiger partial charge >= 0.3 is 0 Å². The number of rotatable bonds is 4. The van der Waals surface area contributed by atoms with Gasteiger partial charge in [-0.15, -0.1) is 0 Å². The quantitative estimate of drug-likeness (QED) is 0.812. The van der Waals surface area contributed by atoms with Gasteiger partial charge in [0.25, 0.3) is 0 Å². The number of hydrogen-bond acceptors (Lipinski definition) is 2. The molecule has 0 aliphatic rings. The van der Waals surface area contributed by atoms with Crippen LogP contribution in [-0.4, -0.2) is 4.99 Å². The zero-order valence-electron chi connectivity index (χ0n) is 10.9. The van der Waals surface area contributed by atoms with Crippen molar-refractivity contribution in [3.8, 4) is 0 Å². The number of nitrogens with one attached hydrogen (secondary N) is 1. The Kier molecular flexibility index (Phi) is 4.73. The summed E-state index contributed by atoms with van der Waals surface area (Å²) in [5, 5.41) is 3.09. The van der Waals surface area contributed by atoms with E-state index >= 15 is 0 Å². The first-order valence-corrected chi connectivity index (χ1v) is 7.27. The molecule has 0 aromatic heterocycles. The van der Waals surface area contributed by atoms with E-state index in [9.17, 15) is 4.39 Å². The van der Waals surface area contributed by atoms with Crippen LogP contribution in [0, 0.1) is 12.7 Å². The lowest BCUT2D eigenvalue weighted by Crippen LogP contribution is -2.12. The van der Waals surface area contributed by atoms with E-state index in [1.165, 1.54) is 5.56 Å².